The minimum atomic E-state index is -1.67. The van der Waals surface area contributed by atoms with Crippen LogP contribution in [-0.4, -0.2) is 16.8 Å². The fraction of sp³-hybridized carbons (Fsp3) is 0.190. The van der Waals surface area contributed by atoms with Crippen LogP contribution in [0, 0.1) is 17.2 Å². The lowest BCUT2D eigenvalue weighted by Gasteiger charge is -2.45. The Labute approximate surface area is 151 Å². The van der Waals surface area contributed by atoms with Crippen molar-refractivity contribution < 1.29 is 14.7 Å². The summed E-state index contributed by atoms with van der Waals surface area (Å²) in [5.74, 6) is -2.96. The topological polar surface area (TPSA) is 84.2 Å². The van der Waals surface area contributed by atoms with Crippen molar-refractivity contribution in [3.05, 3.63) is 77.5 Å². The number of carboxylic acid groups (broad SMARTS) is 1. The minimum Gasteiger partial charge on any atom is -0.550 e. The summed E-state index contributed by atoms with van der Waals surface area (Å²) in [7, 11) is 0. The molecule has 0 saturated heterocycles. The fourth-order valence-corrected chi connectivity index (χ4v) is 3.52. The molecule has 5 nitrogen and oxygen atoms in total. The number of hydrogen-bond donors (Lipinski definition) is 0. The number of hydrogen-bond acceptors (Lipinski definition) is 4. The predicted molar refractivity (Wildman–Crippen MR) is 94.2 cm³/mol. The van der Waals surface area contributed by atoms with Crippen molar-refractivity contribution in [3.8, 4) is 6.07 Å². The van der Waals surface area contributed by atoms with E-state index in [1.165, 1.54) is 11.1 Å². The number of rotatable bonds is 4. The first-order chi connectivity index (χ1) is 12.6. The van der Waals surface area contributed by atoms with Gasteiger partial charge in [-0.25, -0.2) is 0 Å². The normalized spacial score (nSPS) is 19.3. The highest BCUT2D eigenvalue weighted by atomic mass is 16.4. The Morgan fingerprint density at radius 2 is 1.81 bits per heavy atom. The highest BCUT2D eigenvalue weighted by Crippen LogP contribution is 2.43. The average Bonchev–Trinajstić information content (AvgIpc) is 2.68. The van der Waals surface area contributed by atoms with E-state index in [2.05, 4.69) is 6.07 Å². The van der Waals surface area contributed by atoms with Crippen LogP contribution < -0.4 is 5.11 Å². The number of amides is 1. The van der Waals surface area contributed by atoms with E-state index in [9.17, 15) is 20.0 Å². The molecule has 1 heterocycles. The van der Waals surface area contributed by atoms with Gasteiger partial charge in [-0.05, 0) is 30.2 Å². The molecule has 0 aromatic heterocycles. The van der Waals surface area contributed by atoms with Gasteiger partial charge >= 0.3 is 0 Å². The minimum absolute atomic E-state index is 0.149. The maximum Gasteiger partial charge on any atom is 0.259 e. The van der Waals surface area contributed by atoms with Gasteiger partial charge in [0.05, 0.1) is 6.07 Å². The van der Waals surface area contributed by atoms with Crippen LogP contribution in [0.25, 0.3) is 6.08 Å². The van der Waals surface area contributed by atoms with Gasteiger partial charge in [0.2, 0.25) is 0 Å². The van der Waals surface area contributed by atoms with Gasteiger partial charge in [0.1, 0.15) is 0 Å². The van der Waals surface area contributed by atoms with Crippen molar-refractivity contribution in [2.75, 3.05) is 0 Å². The average molecular weight is 345 g/mol. The molecule has 0 radical (unpaired) electrons. The number of nitriles is 1. The van der Waals surface area contributed by atoms with Gasteiger partial charge in [-0.15, -0.1) is 0 Å². The monoisotopic (exact) mass is 345 g/mol. The molecule has 0 saturated carbocycles. The fourth-order valence-electron chi connectivity index (χ4n) is 3.52. The van der Waals surface area contributed by atoms with Gasteiger partial charge in [-0.3, -0.25) is 9.69 Å². The molecular weight excluding hydrogens is 328 g/mol. The Bertz CT molecular complexity index is 914. The van der Waals surface area contributed by atoms with Gasteiger partial charge in [0, 0.05) is 29.2 Å². The maximum atomic E-state index is 13.1. The van der Waals surface area contributed by atoms with Crippen LogP contribution in [0.3, 0.4) is 0 Å². The molecule has 0 fully saturated rings. The number of fused-ring (bicyclic) bond motifs is 1. The molecule has 2 atom stereocenters. The Hall–Kier alpha value is -3.39. The van der Waals surface area contributed by atoms with Crippen LogP contribution in [0.15, 0.2) is 60.8 Å². The number of carbonyl (C=O) groups is 2. The molecule has 1 amide bonds. The summed E-state index contributed by atoms with van der Waals surface area (Å²) >= 11 is 0. The van der Waals surface area contributed by atoms with Gasteiger partial charge < -0.3 is 9.90 Å². The summed E-state index contributed by atoms with van der Waals surface area (Å²) in [5, 5.41) is 22.0. The third-order valence-corrected chi connectivity index (χ3v) is 4.76. The van der Waals surface area contributed by atoms with Gasteiger partial charge in [0.15, 0.2) is 5.54 Å². The Morgan fingerprint density at radius 1 is 1.15 bits per heavy atom. The number of carbonyl (C=O) groups excluding carboxylic acids is 2. The second-order valence-electron chi connectivity index (χ2n) is 6.10. The molecule has 2 aromatic carbocycles. The molecule has 2 aromatic rings. The van der Waals surface area contributed by atoms with E-state index in [1.807, 2.05) is 0 Å². The lowest BCUT2D eigenvalue weighted by Crippen LogP contribution is -2.56. The molecule has 26 heavy (non-hydrogen) atoms. The summed E-state index contributed by atoms with van der Waals surface area (Å²) in [5.41, 5.74) is -0.0909. The summed E-state index contributed by atoms with van der Waals surface area (Å²) < 4.78 is 0. The first-order valence-electron chi connectivity index (χ1n) is 8.34. The molecule has 0 N–H and O–H groups in total. The van der Waals surface area contributed by atoms with Gasteiger partial charge in [-0.1, -0.05) is 49.4 Å². The first-order valence-corrected chi connectivity index (χ1v) is 8.34. The third kappa shape index (κ3) is 2.56. The van der Waals surface area contributed by atoms with Crippen LogP contribution in [-0.2, 0) is 10.3 Å². The van der Waals surface area contributed by atoms with E-state index in [-0.39, 0.29) is 6.42 Å². The predicted octanol–water partition coefficient (Wildman–Crippen LogP) is 2.31. The zero-order valence-electron chi connectivity index (χ0n) is 14.3. The number of nitrogens with zero attached hydrogens (tertiary/aromatic N) is 2. The van der Waals surface area contributed by atoms with E-state index in [0.717, 1.165) is 0 Å². The third-order valence-electron chi connectivity index (χ3n) is 4.76. The summed E-state index contributed by atoms with van der Waals surface area (Å²) in [6.45, 7) is 1.67. The summed E-state index contributed by atoms with van der Waals surface area (Å²) in [6, 6.07) is 17.7. The largest absolute Gasteiger partial charge is 0.550 e. The summed E-state index contributed by atoms with van der Waals surface area (Å²) in [6.07, 6.45) is 3.36. The Kier molecular flexibility index (Phi) is 4.59. The standard InChI is InChI=1S/C21H18N2O3/c1-2-17(20(25)26)21(14-22)18-11-7-6-8-15(18)12-13-23(21)19(24)16-9-4-3-5-10-16/h3-13,17H,2H2,1H3,(H,25,26)/p-1. The van der Waals surface area contributed by atoms with E-state index < -0.39 is 23.3 Å². The number of aliphatic carboxylic acids is 1. The van der Waals surface area contributed by atoms with Crippen molar-refractivity contribution in [2.24, 2.45) is 5.92 Å². The molecule has 1 aliphatic rings. The Morgan fingerprint density at radius 3 is 2.42 bits per heavy atom. The molecule has 0 bridgehead atoms. The van der Waals surface area contributed by atoms with E-state index in [4.69, 9.17) is 0 Å². The molecule has 5 heteroatoms. The van der Waals surface area contributed by atoms with E-state index in [1.54, 1.807) is 67.6 Å². The van der Waals surface area contributed by atoms with Crippen molar-refractivity contribution >= 4 is 18.0 Å². The van der Waals surface area contributed by atoms with Crippen molar-refractivity contribution in [1.29, 1.82) is 5.26 Å². The second kappa shape index (κ2) is 6.85. The highest BCUT2D eigenvalue weighted by molar-refractivity contribution is 5.97. The van der Waals surface area contributed by atoms with Gasteiger partial charge in [-0.2, -0.15) is 5.26 Å². The van der Waals surface area contributed by atoms with Crippen molar-refractivity contribution in [3.63, 3.8) is 0 Å². The van der Waals surface area contributed by atoms with Gasteiger partial charge in [0.25, 0.3) is 5.91 Å². The van der Waals surface area contributed by atoms with E-state index >= 15 is 0 Å². The molecule has 0 spiro atoms. The van der Waals surface area contributed by atoms with Crippen LogP contribution in [0.1, 0.15) is 34.8 Å². The highest BCUT2D eigenvalue weighted by Gasteiger charge is 2.50. The zero-order chi connectivity index (χ0) is 18.7. The van der Waals surface area contributed by atoms with E-state index in [0.29, 0.717) is 16.7 Å². The summed E-state index contributed by atoms with van der Waals surface area (Å²) in [4.78, 5) is 26.3. The molecule has 1 aliphatic heterocycles. The number of benzene rings is 2. The van der Waals surface area contributed by atoms with Crippen LogP contribution in [0.5, 0.6) is 0 Å². The molecule has 130 valence electrons. The van der Waals surface area contributed by atoms with Crippen molar-refractivity contribution in [2.45, 2.75) is 18.9 Å². The van der Waals surface area contributed by atoms with Crippen molar-refractivity contribution in [1.82, 2.24) is 4.90 Å². The maximum absolute atomic E-state index is 13.1. The van der Waals surface area contributed by atoms with Crippen LogP contribution in [0.4, 0.5) is 0 Å². The SMILES string of the molecule is CCC(C(=O)[O-])C1(C#N)c2ccccc2C=CN1C(=O)c1ccccc1. The first kappa shape index (κ1) is 17.4. The number of carboxylic acids is 1. The second-order valence-corrected chi connectivity index (χ2v) is 6.10. The molecule has 0 aliphatic carbocycles. The molecular formula is C21H17N2O3-. The zero-order valence-corrected chi connectivity index (χ0v) is 14.3. The van der Waals surface area contributed by atoms with Crippen LogP contribution in [0.2, 0.25) is 0 Å². The smallest absolute Gasteiger partial charge is 0.259 e. The quantitative estimate of drug-likeness (QED) is 0.851. The Balaban J connectivity index is 2.25. The lowest BCUT2D eigenvalue weighted by molar-refractivity contribution is -0.314. The lowest BCUT2D eigenvalue weighted by atomic mass is 9.73. The van der Waals surface area contributed by atoms with Crippen LogP contribution >= 0.6 is 0 Å². The molecule has 3 rings (SSSR count). The molecule has 2 unspecified atom stereocenters.